The average Bonchev–Trinajstić information content (AvgIpc) is 2.30. The summed E-state index contributed by atoms with van der Waals surface area (Å²) in [6.07, 6.45) is 1.27. The lowest BCUT2D eigenvalue weighted by atomic mass is 10.1. The monoisotopic (exact) mass is 343 g/mol. The second-order valence-electron chi connectivity index (χ2n) is 7.25. The Labute approximate surface area is 135 Å². The van der Waals surface area contributed by atoms with E-state index in [-0.39, 0.29) is 9.93 Å². The van der Waals surface area contributed by atoms with Gasteiger partial charge in [0.05, 0.1) is 4.90 Å². The summed E-state index contributed by atoms with van der Waals surface area (Å²) in [5, 5.41) is -0.00469. The zero-order valence-corrected chi connectivity index (χ0v) is 16.4. The van der Waals surface area contributed by atoms with Crippen LogP contribution in [-0.4, -0.2) is 21.3 Å². The molecule has 0 aromatic heterocycles. The quantitative estimate of drug-likeness (QED) is 0.592. The van der Waals surface area contributed by atoms with E-state index in [1.807, 2.05) is 13.8 Å². The molecule has 0 saturated carbocycles. The Kier molecular flexibility index (Phi) is 5.53. The molecule has 0 amide bonds. The van der Waals surface area contributed by atoms with Gasteiger partial charge in [0, 0.05) is 5.56 Å². The van der Waals surface area contributed by atoms with Crippen LogP contribution in [-0.2, 0) is 16.5 Å². The first-order valence-corrected chi connectivity index (χ1v) is 11.9. The summed E-state index contributed by atoms with van der Waals surface area (Å²) < 4.78 is 41.0. The number of hydrogen-bond donors (Lipinski definition) is 0. The van der Waals surface area contributed by atoms with E-state index in [4.69, 9.17) is 4.43 Å². The molecule has 0 aliphatic rings. The Morgan fingerprint density at radius 3 is 2.18 bits per heavy atom. The van der Waals surface area contributed by atoms with Crippen LogP contribution in [0.2, 0.25) is 18.1 Å². The first-order valence-electron chi connectivity index (χ1n) is 7.58. The highest BCUT2D eigenvalue weighted by molar-refractivity contribution is 7.85. The van der Waals surface area contributed by atoms with Crippen molar-refractivity contribution in [3.05, 3.63) is 23.3 Å². The zero-order chi connectivity index (χ0) is 17.3. The van der Waals surface area contributed by atoms with Crippen molar-refractivity contribution in [3.8, 4) is 5.75 Å². The minimum absolute atomic E-state index is 0.00469. The summed E-state index contributed by atoms with van der Waals surface area (Å²) in [6.45, 7) is 14.5. The Morgan fingerprint density at radius 2 is 1.77 bits per heavy atom. The number of rotatable bonds is 5. The molecule has 1 aromatic carbocycles. The van der Waals surface area contributed by atoms with Gasteiger partial charge in [0.15, 0.2) is 0 Å². The van der Waals surface area contributed by atoms with E-state index in [1.54, 1.807) is 6.07 Å². The fourth-order valence-electron chi connectivity index (χ4n) is 2.00. The van der Waals surface area contributed by atoms with Crippen molar-refractivity contribution in [2.75, 3.05) is 0 Å². The molecule has 0 unspecified atom stereocenters. The molecule has 22 heavy (non-hydrogen) atoms. The third kappa shape index (κ3) is 4.11. The maximum absolute atomic E-state index is 11.6. The number of hydrogen-bond acceptors (Lipinski definition) is 4. The van der Waals surface area contributed by atoms with Gasteiger partial charge in [0.1, 0.15) is 15.9 Å². The predicted octanol–water partition coefficient (Wildman–Crippen LogP) is 4.24. The van der Waals surface area contributed by atoms with Gasteiger partial charge in [-0.1, -0.05) is 40.2 Å². The third-order valence-electron chi connectivity index (χ3n) is 4.35. The van der Waals surface area contributed by atoms with Gasteiger partial charge in [0.25, 0.3) is 8.32 Å². The maximum atomic E-state index is 11.6. The van der Waals surface area contributed by atoms with Crippen LogP contribution in [0.1, 0.15) is 45.2 Å². The summed E-state index contributed by atoms with van der Waals surface area (Å²) in [5.41, 5.74) is 1.41. The Morgan fingerprint density at radius 1 is 1.23 bits per heavy atom. The van der Waals surface area contributed by atoms with E-state index in [2.05, 4.69) is 33.9 Å². The van der Waals surface area contributed by atoms with Crippen molar-refractivity contribution in [1.29, 1.82) is 0 Å². The lowest BCUT2D eigenvalue weighted by molar-refractivity contribution is 0.456. The zero-order valence-electron chi connectivity index (χ0n) is 14.6. The van der Waals surface area contributed by atoms with Gasteiger partial charge >= 0.3 is 0 Å². The third-order valence-corrected chi connectivity index (χ3v) is 9.60. The van der Waals surface area contributed by atoms with Gasteiger partial charge in [0.2, 0.25) is 0 Å². The van der Waals surface area contributed by atoms with Crippen LogP contribution in [0.5, 0.6) is 5.75 Å². The minimum Gasteiger partial charge on any atom is -0.744 e. The molecule has 1 aromatic rings. The standard InChI is InChI=1S/C16H28O4SSi/c1-8-9-13-14(21(17,18)19)11-10-12(2)15(13)20-22(6,7)16(3,4)5/h10-11H,8-9H2,1-7H3,(H,17,18,19)/p-1. The predicted molar refractivity (Wildman–Crippen MR) is 91.0 cm³/mol. The van der Waals surface area contributed by atoms with Crippen molar-refractivity contribution in [1.82, 2.24) is 0 Å². The van der Waals surface area contributed by atoms with Crippen molar-refractivity contribution < 1.29 is 17.4 Å². The number of aryl methyl sites for hydroxylation is 1. The van der Waals surface area contributed by atoms with Gasteiger partial charge < -0.3 is 8.98 Å². The van der Waals surface area contributed by atoms with Crippen LogP contribution in [0.25, 0.3) is 0 Å². The first kappa shape index (κ1) is 19.2. The molecule has 0 bridgehead atoms. The largest absolute Gasteiger partial charge is 0.744 e. The summed E-state index contributed by atoms with van der Waals surface area (Å²) in [4.78, 5) is -0.145. The van der Waals surface area contributed by atoms with Crippen molar-refractivity contribution in [2.45, 2.75) is 70.5 Å². The molecule has 0 fully saturated rings. The van der Waals surface area contributed by atoms with Gasteiger partial charge in [-0.2, -0.15) is 0 Å². The molecule has 0 aliphatic carbocycles. The maximum Gasteiger partial charge on any atom is 0.250 e. The molecule has 4 nitrogen and oxygen atoms in total. The Hall–Kier alpha value is -0.853. The van der Waals surface area contributed by atoms with Crippen LogP contribution in [0, 0.1) is 6.92 Å². The van der Waals surface area contributed by atoms with Gasteiger partial charge in [-0.05, 0) is 43.1 Å². The van der Waals surface area contributed by atoms with E-state index in [0.717, 1.165) is 12.0 Å². The van der Waals surface area contributed by atoms with Crippen LogP contribution in [0.4, 0.5) is 0 Å². The Balaban J connectivity index is 3.53. The SMILES string of the molecule is CCCc1c(S(=O)(=O)[O-])ccc(C)c1O[Si](C)(C)C(C)(C)C. The minimum atomic E-state index is -4.50. The first-order chi connectivity index (χ1) is 9.81. The van der Waals surface area contributed by atoms with E-state index in [1.165, 1.54) is 6.07 Å². The molecule has 0 spiro atoms. The molecule has 0 saturated heterocycles. The summed E-state index contributed by atoms with van der Waals surface area (Å²) in [5.74, 6) is 0.588. The second kappa shape index (κ2) is 6.33. The van der Waals surface area contributed by atoms with Crippen molar-refractivity contribution in [3.63, 3.8) is 0 Å². The second-order valence-corrected chi connectivity index (χ2v) is 13.3. The highest BCUT2D eigenvalue weighted by atomic mass is 32.2. The topological polar surface area (TPSA) is 66.4 Å². The molecule has 6 heteroatoms. The molecule has 126 valence electrons. The smallest absolute Gasteiger partial charge is 0.250 e. The molecule has 0 heterocycles. The summed E-state index contributed by atoms with van der Waals surface area (Å²) >= 11 is 0. The van der Waals surface area contributed by atoms with Crippen molar-refractivity contribution >= 4 is 18.4 Å². The molecular weight excluding hydrogens is 316 g/mol. The van der Waals surface area contributed by atoms with Crippen LogP contribution < -0.4 is 4.43 Å². The van der Waals surface area contributed by atoms with E-state index in [0.29, 0.717) is 17.7 Å². The fraction of sp³-hybridized carbons (Fsp3) is 0.625. The molecular formula is C16H27O4SSi-. The fourth-order valence-corrected chi connectivity index (χ4v) is 3.83. The molecule has 1 rings (SSSR count). The molecule has 0 radical (unpaired) electrons. The van der Waals surface area contributed by atoms with Crippen LogP contribution >= 0.6 is 0 Å². The van der Waals surface area contributed by atoms with E-state index < -0.39 is 18.4 Å². The highest BCUT2D eigenvalue weighted by Crippen LogP contribution is 2.40. The average molecular weight is 344 g/mol. The lowest BCUT2D eigenvalue weighted by Gasteiger charge is -2.38. The van der Waals surface area contributed by atoms with Crippen LogP contribution in [0.15, 0.2) is 17.0 Å². The van der Waals surface area contributed by atoms with Gasteiger partial charge in [-0.25, -0.2) is 8.42 Å². The molecule has 0 aliphatic heterocycles. The van der Waals surface area contributed by atoms with Crippen molar-refractivity contribution in [2.24, 2.45) is 0 Å². The Bertz CT molecular complexity index is 643. The van der Waals surface area contributed by atoms with Gasteiger partial charge in [-0.15, -0.1) is 0 Å². The summed E-state index contributed by atoms with van der Waals surface area (Å²) in [6, 6.07) is 3.06. The van der Waals surface area contributed by atoms with E-state index >= 15 is 0 Å². The van der Waals surface area contributed by atoms with Crippen LogP contribution in [0.3, 0.4) is 0 Å². The molecule has 0 N–H and O–H groups in total. The molecule has 0 atom stereocenters. The lowest BCUT2D eigenvalue weighted by Crippen LogP contribution is -2.44. The number of benzene rings is 1. The van der Waals surface area contributed by atoms with E-state index in [9.17, 15) is 13.0 Å². The summed E-state index contributed by atoms with van der Waals surface area (Å²) in [7, 11) is -6.62. The normalized spacial score (nSPS) is 13.3. The highest BCUT2D eigenvalue weighted by Gasteiger charge is 2.39. The van der Waals surface area contributed by atoms with Gasteiger partial charge in [-0.3, -0.25) is 0 Å².